The van der Waals surface area contributed by atoms with Crippen LogP contribution in [-0.2, 0) is 6.54 Å². The highest BCUT2D eigenvalue weighted by Crippen LogP contribution is 2.35. The van der Waals surface area contributed by atoms with Gasteiger partial charge in [-0.3, -0.25) is 9.59 Å². The van der Waals surface area contributed by atoms with Crippen LogP contribution in [0.15, 0.2) is 34.4 Å². The van der Waals surface area contributed by atoms with Gasteiger partial charge in [-0.15, -0.1) is 11.3 Å². The largest absolute Gasteiger partial charge is 0.346 e. The average molecular weight is 316 g/mol. The van der Waals surface area contributed by atoms with Crippen molar-refractivity contribution in [3.63, 3.8) is 0 Å². The molecule has 0 bridgehead atoms. The molecule has 0 spiro atoms. The second-order valence-electron chi connectivity index (χ2n) is 5.80. The summed E-state index contributed by atoms with van der Waals surface area (Å²) in [5.74, 6) is 0.550. The van der Waals surface area contributed by atoms with Crippen LogP contribution in [-0.4, -0.2) is 10.9 Å². The minimum Gasteiger partial charge on any atom is -0.346 e. The van der Waals surface area contributed by atoms with E-state index in [-0.39, 0.29) is 11.5 Å². The molecule has 1 aliphatic carbocycles. The Bertz CT molecular complexity index is 698. The lowest BCUT2D eigenvalue weighted by atomic mass is 9.88. The summed E-state index contributed by atoms with van der Waals surface area (Å²) in [7, 11) is 0. The molecule has 0 radical (unpaired) electrons. The molecule has 1 fully saturated rings. The van der Waals surface area contributed by atoms with E-state index in [0.717, 1.165) is 5.56 Å². The quantitative estimate of drug-likeness (QED) is 0.908. The van der Waals surface area contributed by atoms with Crippen molar-refractivity contribution < 1.29 is 4.79 Å². The molecule has 2 aromatic rings. The fourth-order valence-electron chi connectivity index (χ4n) is 2.95. The zero-order chi connectivity index (χ0) is 15.4. The van der Waals surface area contributed by atoms with Crippen molar-refractivity contribution in [1.29, 1.82) is 0 Å². The van der Waals surface area contributed by atoms with E-state index in [1.807, 2.05) is 11.4 Å². The van der Waals surface area contributed by atoms with Gasteiger partial charge in [-0.05, 0) is 30.9 Å². The standard InChI is InChI=1S/C17H20N2O2S/c20-16-8-4-7-14(19-16)10-18-17(21)13-9-15(22-11-13)12-5-2-1-3-6-12/h4,7-9,11-12H,1-3,5-6,10H2,(H,18,21)(H,19,20). The predicted molar refractivity (Wildman–Crippen MR) is 88.4 cm³/mol. The van der Waals surface area contributed by atoms with Crippen LogP contribution in [0.5, 0.6) is 0 Å². The van der Waals surface area contributed by atoms with E-state index >= 15 is 0 Å². The number of aromatic amines is 1. The summed E-state index contributed by atoms with van der Waals surface area (Å²) in [5.41, 5.74) is 1.29. The second kappa shape index (κ2) is 6.92. The van der Waals surface area contributed by atoms with E-state index < -0.39 is 0 Å². The lowest BCUT2D eigenvalue weighted by molar-refractivity contribution is 0.0951. The Morgan fingerprint density at radius 2 is 2.09 bits per heavy atom. The van der Waals surface area contributed by atoms with E-state index in [4.69, 9.17) is 0 Å². The summed E-state index contributed by atoms with van der Waals surface area (Å²) in [6.45, 7) is 0.337. The highest BCUT2D eigenvalue weighted by molar-refractivity contribution is 7.10. The molecule has 1 saturated carbocycles. The third kappa shape index (κ3) is 3.65. The molecule has 22 heavy (non-hydrogen) atoms. The first-order valence-electron chi connectivity index (χ1n) is 7.77. The van der Waals surface area contributed by atoms with Gasteiger partial charge in [-0.2, -0.15) is 0 Å². The number of thiophene rings is 1. The van der Waals surface area contributed by atoms with Crippen molar-refractivity contribution in [3.05, 3.63) is 56.1 Å². The number of carbonyl (C=O) groups is 1. The molecule has 2 N–H and O–H groups in total. The van der Waals surface area contributed by atoms with Crippen molar-refractivity contribution in [2.24, 2.45) is 0 Å². The number of amides is 1. The molecule has 0 unspecified atom stereocenters. The van der Waals surface area contributed by atoms with Gasteiger partial charge in [0, 0.05) is 22.0 Å². The van der Waals surface area contributed by atoms with E-state index in [9.17, 15) is 9.59 Å². The molecule has 3 rings (SSSR count). The SMILES string of the molecule is O=C(NCc1cccc(=O)[nH]1)c1csc(C2CCCCC2)c1. The van der Waals surface area contributed by atoms with Gasteiger partial charge >= 0.3 is 0 Å². The van der Waals surface area contributed by atoms with Crippen molar-refractivity contribution >= 4 is 17.2 Å². The molecule has 116 valence electrons. The number of carbonyl (C=O) groups excluding carboxylic acids is 1. The number of rotatable bonds is 4. The summed E-state index contributed by atoms with van der Waals surface area (Å²) in [6.07, 6.45) is 6.42. The summed E-state index contributed by atoms with van der Waals surface area (Å²) in [5, 5.41) is 4.79. The Labute approximate surface area is 133 Å². The van der Waals surface area contributed by atoms with E-state index in [1.54, 1.807) is 23.5 Å². The topological polar surface area (TPSA) is 62.0 Å². The van der Waals surface area contributed by atoms with Gasteiger partial charge in [-0.1, -0.05) is 25.3 Å². The number of aromatic nitrogens is 1. The lowest BCUT2D eigenvalue weighted by Crippen LogP contribution is -2.24. The van der Waals surface area contributed by atoms with E-state index in [2.05, 4.69) is 10.3 Å². The molecule has 2 aromatic heterocycles. The smallest absolute Gasteiger partial charge is 0.252 e. The first kappa shape index (κ1) is 15.0. The highest BCUT2D eigenvalue weighted by Gasteiger charge is 2.18. The molecule has 0 aliphatic heterocycles. The van der Waals surface area contributed by atoms with Crippen molar-refractivity contribution in [2.45, 2.75) is 44.6 Å². The first-order valence-corrected chi connectivity index (χ1v) is 8.65. The zero-order valence-corrected chi connectivity index (χ0v) is 13.2. The highest BCUT2D eigenvalue weighted by atomic mass is 32.1. The number of hydrogen-bond acceptors (Lipinski definition) is 3. The van der Waals surface area contributed by atoms with Crippen molar-refractivity contribution in [1.82, 2.24) is 10.3 Å². The third-order valence-corrected chi connectivity index (χ3v) is 5.25. The van der Waals surface area contributed by atoms with Crippen molar-refractivity contribution in [3.8, 4) is 0 Å². The molecular weight excluding hydrogens is 296 g/mol. The van der Waals surface area contributed by atoms with Gasteiger partial charge in [0.2, 0.25) is 5.56 Å². The Kier molecular flexibility index (Phi) is 4.73. The van der Waals surface area contributed by atoms with E-state index in [1.165, 1.54) is 43.0 Å². The zero-order valence-electron chi connectivity index (χ0n) is 12.4. The van der Waals surface area contributed by atoms with Crippen LogP contribution < -0.4 is 10.9 Å². The molecular formula is C17H20N2O2S. The van der Waals surface area contributed by atoms with Gasteiger partial charge in [0.1, 0.15) is 0 Å². The van der Waals surface area contributed by atoms with E-state index in [0.29, 0.717) is 18.2 Å². The van der Waals surface area contributed by atoms with Crippen LogP contribution in [0.2, 0.25) is 0 Å². The van der Waals surface area contributed by atoms with Gasteiger partial charge in [0.25, 0.3) is 5.91 Å². The van der Waals surface area contributed by atoms with Crippen LogP contribution in [0, 0.1) is 0 Å². The number of H-pyrrole nitrogens is 1. The average Bonchev–Trinajstić information content (AvgIpc) is 3.04. The maximum absolute atomic E-state index is 12.2. The van der Waals surface area contributed by atoms with Crippen LogP contribution in [0.25, 0.3) is 0 Å². The normalized spacial score (nSPS) is 15.6. The molecule has 4 nitrogen and oxygen atoms in total. The third-order valence-electron chi connectivity index (χ3n) is 4.16. The monoisotopic (exact) mass is 316 g/mol. The summed E-state index contributed by atoms with van der Waals surface area (Å²) in [6, 6.07) is 6.97. The first-order chi connectivity index (χ1) is 10.7. The number of pyridine rings is 1. The molecule has 0 aromatic carbocycles. The molecule has 2 heterocycles. The summed E-state index contributed by atoms with van der Waals surface area (Å²) >= 11 is 1.69. The predicted octanol–water partition coefficient (Wildman–Crippen LogP) is 3.41. The number of hydrogen-bond donors (Lipinski definition) is 2. The van der Waals surface area contributed by atoms with Crippen LogP contribution in [0.1, 0.15) is 59.0 Å². The Hall–Kier alpha value is -1.88. The Morgan fingerprint density at radius 1 is 1.27 bits per heavy atom. The van der Waals surface area contributed by atoms with Crippen LogP contribution in [0.3, 0.4) is 0 Å². The second-order valence-corrected chi connectivity index (χ2v) is 6.74. The Balaban J connectivity index is 1.60. The minimum absolute atomic E-state index is 0.0805. The fourth-order valence-corrected chi connectivity index (χ4v) is 4.01. The van der Waals surface area contributed by atoms with Gasteiger partial charge in [-0.25, -0.2) is 0 Å². The van der Waals surface area contributed by atoms with Crippen LogP contribution in [0.4, 0.5) is 0 Å². The molecule has 5 heteroatoms. The molecule has 0 saturated heterocycles. The lowest BCUT2D eigenvalue weighted by Gasteiger charge is -2.19. The fraction of sp³-hybridized carbons (Fsp3) is 0.412. The summed E-state index contributed by atoms with van der Waals surface area (Å²) < 4.78 is 0. The molecule has 1 amide bonds. The van der Waals surface area contributed by atoms with Gasteiger partial charge in [0.05, 0.1) is 12.1 Å². The summed E-state index contributed by atoms with van der Waals surface area (Å²) in [4.78, 5) is 27.5. The minimum atomic E-state index is -0.151. The Morgan fingerprint density at radius 3 is 2.86 bits per heavy atom. The molecule has 1 aliphatic rings. The van der Waals surface area contributed by atoms with Crippen molar-refractivity contribution in [2.75, 3.05) is 0 Å². The van der Waals surface area contributed by atoms with Crippen LogP contribution >= 0.6 is 11.3 Å². The van der Waals surface area contributed by atoms with Gasteiger partial charge in [0.15, 0.2) is 0 Å². The van der Waals surface area contributed by atoms with Gasteiger partial charge < -0.3 is 10.3 Å². The number of nitrogens with one attached hydrogen (secondary N) is 2. The molecule has 0 atom stereocenters. The maximum atomic E-state index is 12.2. The maximum Gasteiger partial charge on any atom is 0.252 e.